The molecule has 1 aromatic carbocycles. The van der Waals surface area contributed by atoms with E-state index < -0.39 is 12.1 Å². The molecular weight excluding hydrogens is 272 g/mol. The van der Waals surface area contributed by atoms with Gasteiger partial charge in [0.15, 0.2) is 11.5 Å². The van der Waals surface area contributed by atoms with Crippen molar-refractivity contribution in [3.05, 3.63) is 23.8 Å². The van der Waals surface area contributed by atoms with E-state index in [1.54, 1.807) is 6.07 Å². The van der Waals surface area contributed by atoms with Crippen LogP contribution in [0.5, 0.6) is 11.5 Å². The van der Waals surface area contributed by atoms with Crippen LogP contribution in [0.1, 0.15) is 19.4 Å². The average Bonchev–Trinajstić information content (AvgIpc) is 2.47. The second-order valence-electron chi connectivity index (χ2n) is 3.26. The van der Waals surface area contributed by atoms with Crippen LogP contribution in [0.3, 0.4) is 0 Å². The Hall–Kier alpha value is -1.89. The van der Waals surface area contributed by atoms with Gasteiger partial charge in [0.25, 0.3) is 0 Å². The lowest BCUT2D eigenvalue weighted by molar-refractivity contribution is -0.214. The van der Waals surface area contributed by atoms with Crippen molar-refractivity contribution in [2.45, 2.75) is 26.5 Å². The van der Waals surface area contributed by atoms with E-state index >= 15 is 0 Å². The lowest BCUT2D eigenvalue weighted by atomic mass is 10.2. The zero-order valence-electron chi connectivity index (χ0n) is 11.9. The summed E-state index contributed by atoms with van der Waals surface area (Å²) in [6, 6.07) is 4.31. The van der Waals surface area contributed by atoms with Crippen LogP contribution < -0.4 is 15.2 Å². The lowest BCUT2D eigenvalue weighted by Crippen LogP contribution is -2.36. The molecule has 0 aromatic heterocycles. The summed E-state index contributed by atoms with van der Waals surface area (Å²) in [6.45, 7) is 4.09. The second-order valence-corrected chi connectivity index (χ2v) is 3.26. The lowest BCUT2D eigenvalue weighted by Gasteiger charge is -2.18. The number of rotatable bonds is 5. The van der Waals surface area contributed by atoms with Crippen LogP contribution in [0.25, 0.3) is 0 Å². The highest BCUT2D eigenvalue weighted by atomic mass is 19.3. The molecule has 20 heavy (non-hydrogen) atoms. The first kappa shape index (κ1) is 18.1. The van der Waals surface area contributed by atoms with Gasteiger partial charge in [0.2, 0.25) is 0 Å². The maximum Gasteiger partial charge on any atom is 0.502 e. The number of halogens is 2. The highest BCUT2D eigenvalue weighted by Crippen LogP contribution is 2.34. The summed E-state index contributed by atoms with van der Waals surface area (Å²) in [6.07, 6.45) is -4.09. The largest absolute Gasteiger partial charge is 0.502 e. The Morgan fingerprint density at radius 1 is 1.30 bits per heavy atom. The van der Waals surface area contributed by atoms with Crippen LogP contribution in [0.15, 0.2) is 18.2 Å². The Balaban J connectivity index is 0.00000172. The zero-order valence-corrected chi connectivity index (χ0v) is 11.9. The SMILES string of the molecule is CC.COC(=O)C(F)(F)Oc1cccc(CN)c1OC. The molecule has 0 radical (unpaired) electrons. The van der Waals surface area contributed by atoms with Crippen molar-refractivity contribution in [3.8, 4) is 11.5 Å². The summed E-state index contributed by atoms with van der Waals surface area (Å²) < 4.78 is 39.7. The fraction of sp³-hybridized carbons (Fsp3) is 0.462. The van der Waals surface area contributed by atoms with Crippen molar-refractivity contribution < 1.29 is 27.8 Å². The standard InChI is InChI=1S/C11H13F2NO4.C2H6/c1-16-9-7(6-14)4-3-5-8(9)18-11(12,13)10(15)17-2;1-2/h3-5H,6,14H2,1-2H3;1-2H3. The third kappa shape index (κ3) is 4.34. The first-order valence-corrected chi connectivity index (χ1v) is 5.97. The molecule has 0 fully saturated rings. The molecule has 0 aliphatic heterocycles. The molecule has 0 spiro atoms. The van der Waals surface area contributed by atoms with Gasteiger partial charge < -0.3 is 19.9 Å². The van der Waals surface area contributed by atoms with Crippen molar-refractivity contribution in [2.24, 2.45) is 5.73 Å². The molecule has 1 rings (SSSR count). The number of methoxy groups -OCH3 is 2. The van der Waals surface area contributed by atoms with Crippen molar-refractivity contribution >= 4 is 5.97 Å². The first-order valence-electron chi connectivity index (χ1n) is 5.97. The van der Waals surface area contributed by atoms with Crippen LogP contribution in [-0.2, 0) is 16.1 Å². The summed E-state index contributed by atoms with van der Waals surface area (Å²) in [7, 11) is 2.13. The Labute approximate surface area is 116 Å². The molecule has 1 aromatic rings. The van der Waals surface area contributed by atoms with E-state index in [1.165, 1.54) is 19.2 Å². The van der Waals surface area contributed by atoms with Gasteiger partial charge in [-0.25, -0.2) is 4.79 Å². The van der Waals surface area contributed by atoms with Gasteiger partial charge >= 0.3 is 12.1 Å². The highest BCUT2D eigenvalue weighted by Gasteiger charge is 2.44. The molecule has 0 aliphatic carbocycles. The van der Waals surface area contributed by atoms with Gasteiger partial charge in [-0.1, -0.05) is 26.0 Å². The Morgan fingerprint density at radius 2 is 1.90 bits per heavy atom. The van der Waals surface area contributed by atoms with Crippen LogP contribution in [0.4, 0.5) is 8.78 Å². The monoisotopic (exact) mass is 291 g/mol. The van der Waals surface area contributed by atoms with Gasteiger partial charge in [0, 0.05) is 12.1 Å². The van der Waals surface area contributed by atoms with Crippen LogP contribution in [-0.4, -0.2) is 26.3 Å². The molecule has 0 bridgehead atoms. The summed E-state index contributed by atoms with van der Waals surface area (Å²) >= 11 is 0. The van der Waals surface area contributed by atoms with Gasteiger partial charge in [-0.15, -0.1) is 0 Å². The van der Waals surface area contributed by atoms with Gasteiger partial charge in [-0.2, -0.15) is 8.78 Å². The van der Waals surface area contributed by atoms with Gasteiger partial charge in [-0.3, -0.25) is 0 Å². The molecule has 0 atom stereocenters. The molecule has 7 heteroatoms. The van der Waals surface area contributed by atoms with Crippen LogP contribution >= 0.6 is 0 Å². The molecule has 0 saturated carbocycles. The molecule has 0 unspecified atom stereocenters. The summed E-state index contributed by atoms with van der Waals surface area (Å²) in [5.41, 5.74) is 5.91. The molecule has 0 amide bonds. The number of alkyl halides is 2. The Morgan fingerprint density at radius 3 is 2.35 bits per heavy atom. The Bertz CT molecular complexity index is 438. The van der Waals surface area contributed by atoms with Crippen molar-refractivity contribution in [1.82, 2.24) is 0 Å². The van der Waals surface area contributed by atoms with E-state index in [2.05, 4.69) is 9.47 Å². The van der Waals surface area contributed by atoms with Gasteiger partial charge in [-0.05, 0) is 6.07 Å². The van der Waals surface area contributed by atoms with Crippen LogP contribution in [0.2, 0.25) is 0 Å². The zero-order chi connectivity index (χ0) is 15.8. The quantitative estimate of drug-likeness (QED) is 0.843. The molecule has 2 N–H and O–H groups in total. The molecular formula is C13H19F2NO4. The molecule has 0 heterocycles. The molecule has 114 valence electrons. The topological polar surface area (TPSA) is 70.8 Å². The maximum absolute atomic E-state index is 13.3. The van der Waals surface area contributed by atoms with Crippen LogP contribution in [0, 0.1) is 0 Å². The van der Waals surface area contributed by atoms with Crippen molar-refractivity contribution in [1.29, 1.82) is 0 Å². The van der Waals surface area contributed by atoms with E-state index in [-0.39, 0.29) is 18.0 Å². The summed E-state index contributed by atoms with van der Waals surface area (Å²) in [4.78, 5) is 10.8. The predicted molar refractivity (Wildman–Crippen MR) is 69.8 cm³/mol. The van der Waals surface area contributed by atoms with Gasteiger partial charge in [0.1, 0.15) is 0 Å². The predicted octanol–water partition coefficient (Wildman–Crippen LogP) is 2.32. The number of esters is 1. The van der Waals surface area contributed by atoms with Crippen molar-refractivity contribution in [3.63, 3.8) is 0 Å². The van der Waals surface area contributed by atoms with Crippen molar-refractivity contribution in [2.75, 3.05) is 14.2 Å². The fourth-order valence-corrected chi connectivity index (χ4v) is 1.33. The molecule has 5 nitrogen and oxygen atoms in total. The fourth-order valence-electron chi connectivity index (χ4n) is 1.33. The third-order valence-electron chi connectivity index (χ3n) is 2.15. The molecule has 0 aliphatic rings. The number of hydrogen-bond acceptors (Lipinski definition) is 5. The number of ether oxygens (including phenoxy) is 3. The van der Waals surface area contributed by atoms with E-state index in [0.29, 0.717) is 5.56 Å². The number of para-hydroxylation sites is 1. The first-order chi connectivity index (χ1) is 9.46. The summed E-state index contributed by atoms with van der Waals surface area (Å²) in [5.74, 6) is -2.01. The minimum Gasteiger partial charge on any atom is -0.493 e. The second kappa shape index (κ2) is 8.31. The number of carbonyl (C=O) groups excluding carboxylic acids is 1. The van der Waals surface area contributed by atoms with E-state index in [9.17, 15) is 13.6 Å². The third-order valence-corrected chi connectivity index (χ3v) is 2.15. The number of nitrogens with two attached hydrogens (primary N) is 1. The van der Waals surface area contributed by atoms with Gasteiger partial charge in [0.05, 0.1) is 14.2 Å². The minimum atomic E-state index is -4.09. The maximum atomic E-state index is 13.3. The minimum absolute atomic E-state index is 0.0589. The van der Waals surface area contributed by atoms with E-state index in [1.807, 2.05) is 13.8 Å². The normalized spacial score (nSPS) is 10.2. The molecule has 0 saturated heterocycles. The van der Waals surface area contributed by atoms with E-state index in [4.69, 9.17) is 10.5 Å². The Kier molecular flexibility index (Phi) is 7.53. The number of hydrogen-bond donors (Lipinski definition) is 1. The highest BCUT2D eigenvalue weighted by molar-refractivity contribution is 5.76. The van der Waals surface area contributed by atoms with E-state index in [0.717, 1.165) is 7.11 Å². The average molecular weight is 291 g/mol. The summed E-state index contributed by atoms with van der Waals surface area (Å²) in [5, 5.41) is 0. The smallest absolute Gasteiger partial charge is 0.493 e. The number of carbonyl (C=O) groups is 1. The number of benzene rings is 1.